The summed E-state index contributed by atoms with van der Waals surface area (Å²) in [5.41, 5.74) is 3.61. The summed E-state index contributed by atoms with van der Waals surface area (Å²) in [6.45, 7) is 3.56. The lowest BCUT2D eigenvalue weighted by molar-refractivity contribution is -0.128. The first-order valence-corrected chi connectivity index (χ1v) is 11.5. The van der Waals surface area contributed by atoms with E-state index in [4.69, 9.17) is 0 Å². The van der Waals surface area contributed by atoms with Crippen LogP contribution in [0.5, 0.6) is 0 Å². The van der Waals surface area contributed by atoms with Crippen LogP contribution < -0.4 is 10.2 Å². The molecule has 0 atom stereocenters. The predicted octanol–water partition coefficient (Wildman–Crippen LogP) is 4.60. The van der Waals surface area contributed by atoms with Gasteiger partial charge in [-0.15, -0.1) is 0 Å². The Morgan fingerprint density at radius 3 is 2.47 bits per heavy atom. The van der Waals surface area contributed by atoms with Crippen LogP contribution in [0.15, 0.2) is 54.9 Å². The number of hydrogen-bond donors (Lipinski definition) is 1. The number of carbonyl (C=O) groups is 2. The molecule has 0 saturated carbocycles. The van der Waals surface area contributed by atoms with Crippen molar-refractivity contribution in [2.45, 2.75) is 38.6 Å². The number of carbonyl (C=O) groups excluding carboxylic acids is 2. The maximum absolute atomic E-state index is 12.9. The number of anilines is 2. The first kappa shape index (κ1) is 20.5. The van der Waals surface area contributed by atoms with Crippen molar-refractivity contribution >= 4 is 34.0 Å². The second kappa shape index (κ2) is 8.99. The van der Waals surface area contributed by atoms with E-state index in [2.05, 4.69) is 21.3 Å². The Bertz CT molecular complexity index is 1140. The highest BCUT2D eigenvalue weighted by Crippen LogP contribution is 2.33. The van der Waals surface area contributed by atoms with Crippen LogP contribution in [-0.2, 0) is 11.3 Å². The van der Waals surface area contributed by atoms with Gasteiger partial charge in [0.2, 0.25) is 5.91 Å². The number of hydrogen-bond acceptors (Lipinski definition) is 4. The quantitative estimate of drug-likeness (QED) is 0.645. The highest BCUT2D eigenvalue weighted by molar-refractivity contribution is 6.11. The van der Waals surface area contributed by atoms with Crippen LogP contribution in [0.25, 0.3) is 10.8 Å². The fourth-order valence-electron chi connectivity index (χ4n) is 4.74. The molecule has 0 spiro atoms. The molecular weight excluding hydrogens is 400 g/mol. The molecule has 6 nitrogen and oxygen atoms in total. The van der Waals surface area contributed by atoms with Gasteiger partial charge in [0.15, 0.2) is 0 Å². The van der Waals surface area contributed by atoms with Crippen molar-refractivity contribution < 1.29 is 9.59 Å². The van der Waals surface area contributed by atoms with Crippen molar-refractivity contribution in [3.05, 3.63) is 66.0 Å². The smallest absolute Gasteiger partial charge is 0.255 e. The summed E-state index contributed by atoms with van der Waals surface area (Å²) >= 11 is 0. The number of nitrogens with one attached hydrogen (secondary N) is 1. The normalized spacial score (nSPS) is 16.6. The second-order valence-electron chi connectivity index (χ2n) is 8.67. The Labute approximate surface area is 188 Å². The highest BCUT2D eigenvalue weighted by atomic mass is 16.2. The monoisotopic (exact) mass is 428 g/mol. The topological polar surface area (TPSA) is 65.5 Å². The van der Waals surface area contributed by atoms with Crippen molar-refractivity contribution in [3.8, 4) is 0 Å². The first-order chi connectivity index (χ1) is 15.7. The maximum Gasteiger partial charge on any atom is 0.255 e. The van der Waals surface area contributed by atoms with Crippen molar-refractivity contribution in [2.24, 2.45) is 0 Å². The standard InChI is InChI=1S/C26H28N4O2/c31-25-5-4-16-30(25)18-19-6-8-20(9-7-19)26(32)28-23-10-11-24(29-14-2-1-3-15-29)21-12-13-27-17-22(21)23/h6-13,17H,1-5,14-16,18H2,(H,28,32). The highest BCUT2D eigenvalue weighted by Gasteiger charge is 2.20. The molecule has 0 radical (unpaired) electrons. The summed E-state index contributed by atoms with van der Waals surface area (Å²) in [4.78, 5) is 33.4. The summed E-state index contributed by atoms with van der Waals surface area (Å²) in [5, 5.41) is 5.14. The van der Waals surface area contributed by atoms with E-state index in [1.54, 1.807) is 0 Å². The van der Waals surface area contributed by atoms with E-state index in [1.165, 1.54) is 24.9 Å². The first-order valence-electron chi connectivity index (χ1n) is 11.5. The molecule has 2 aliphatic rings. The molecule has 2 aromatic carbocycles. The Morgan fingerprint density at radius 1 is 0.906 bits per heavy atom. The van der Waals surface area contributed by atoms with Gasteiger partial charge >= 0.3 is 0 Å². The molecule has 0 unspecified atom stereocenters. The Kier molecular flexibility index (Phi) is 5.75. The summed E-state index contributed by atoms with van der Waals surface area (Å²) in [7, 11) is 0. The van der Waals surface area contributed by atoms with E-state index < -0.39 is 0 Å². The van der Waals surface area contributed by atoms with E-state index in [0.717, 1.165) is 48.1 Å². The van der Waals surface area contributed by atoms with Gasteiger partial charge in [-0.25, -0.2) is 0 Å². The molecule has 3 heterocycles. The number of fused-ring (bicyclic) bond motifs is 1. The SMILES string of the molecule is O=C(Nc1ccc(N2CCCCC2)c2ccncc12)c1ccc(CN2CCCC2=O)cc1. The number of pyridine rings is 1. The zero-order valence-electron chi connectivity index (χ0n) is 18.2. The van der Waals surface area contributed by atoms with Gasteiger partial charge in [-0.3, -0.25) is 14.6 Å². The number of amides is 2. The molecule has 0 aliphatic carbocycles. The van der Waals surface area contributed by atoms with Gasteiger partial charge in [0, 0.05) is 67.0 Å². The molecule has 1 aromatic heterocycles. The lowest BCUT2D eigenvalue weighted by atomic mass is 10.0. The molecule has 5 rings (SSSR count). The summed E-state index contributed by atoms with van der Waals surface area (Å²) < 4.78 is 0. The number of aromatic nitrogens is 1. The van der Waals surface area contributed by atoms with Crippen molar-refractivity contribution in [1.82, 2.24) is 9.88 Å². The second-order valence-corrected chi connectivity index (χ2v) is 8.67. The lowest BCUT2D eigenvalue weighted by Crippen LogP contribution is -2.29. The lowest BCUT2D eigenvalue weighted by Gasteiger charge is -2.30. The molecule has 1 N–H and O–H groups in total. The van der Waals surface area contributed by atoms with Gasteiger partial charge in [-0.2, -0.15) is 0 Å². The molecule has 2 aliphatic heterocycles. The average molecular weight is 429 g/mol. The Balaban J connectivity index is 1.34. The molecule has 3 aromatic rings. The van der Waals surface area contributed by atoms with E-state index >= 15 is 0 Å². The third kappa shape index (κ3) is 4.17. The summed E-state index contributed by atoms with van der Waals surface area (Å²) in [6, 6.07) is 13.6. The van der Waals surface area contributed by atoms with Crippen LogP contribution in [0.3, 0.4) is 0 Å². The van der Waals surface area contributed by atoms with E-state index in [1.807, 2.05) is 53.7 Å². The van der Waals surface area contributed by atoms with E-state index in [-0.39, 0.29) is 11.8 Å². The average Bonchev–Trinajstić information content (AvgIpc) is 3.24. The Hall–Kier alpha value is -3.41. The molecule has 164 valence electrons. The van der Waals surface area contributed by atoms with Gasteiger partial charge < -0.3 is 15.1 Å². The number of rotatable bonds is 5. The molecule has 2 amide bonds. The maximum atomic E-state index is 12.9. The zero-order valence-corrected chi connectivity index (χ0v) is 18.2. The zero-order chi connectivity index (χ0) is 21.9. The minimum absolute atomic E-state index is 0.148. The minimum Gasteiger partial charge on any atom is -0.371 e. The van der Waals surface area contributed by atoms with Crippen LogP contribution in [0.4, 0.5) is 11.4 Å². The van der Waals surface area contributed by atoms with E-state index in [9.17, 15) is 9.59 Å². The van der Waals surface area contributed by atoms with Gasteiger partial charge in [-0.1, -0.05) is 12.1 Å². The third-order valence-electron chi connectivity index (χ3n) is 6.50. The number of likely N-dealkylation sites (tertiary alicyclic amines) is 1. The number of benzene rings is 2. The van der Waals surface area contributed by atoms with Gasteiger partial charge in [0.1, 0.15) is 0 Å². The summed E-state index contributed by atoms with van der Waals surface area (Å²) in [5.74, 6) is 0.0602. The molecule has 2 saturated heterocycles. The molecular formula is C26H28N4O2. The van der Waals surface area contributed by atoms with E-state index in [0.29, 0.717) is 18.5 Å². The van der Waals surface area contributed by atoms with Crippen LogP contribution in [-0.4, -0.2) is 41.3 Å². The van der Waals surface area contributed by atoms with Crippen molar-refractivity contribution in [2.75, 3.05) is 29.9 Å². The molecule has 2 fully saturated rings. The minimum atomic E-state index is -0.148. The number of nitrogens with zero attached hydrogens (tertiary/aromatic N) is 3. The van der Waals surface area contributed by atoms with Gasteiger partial charge in [-0.05, 0) is 61.6 Å². The molecule has 32 heavy (non-hydrogen) atoms. The van der Waals surface area contributed by atoms with Crippen LogP contribution in [0.1, 0.15) is 48.0 Å². The van der Waals surface area contributed by atoms with Crippen molar-refractivity contribution in [1.29, 1.82) is 0 Å². The third-order valence-corrected chi connectivity index (χ3v) is 6.50. The predicted molar refractivity (Wildman–Crippen MR) is 127 cm³/mol. The molecule has 6 heteroatoms. The van der Waals surface area contributed by atoms with Crippen LogP contribution in [0, 0.1) is 0 Å². The van der Waals surface area contributed by atoms with Crippen LogP contribution >= 0.6 is 0 Å². The largest absolute Gasteiger partial charge is 0.371 e. The van der Waals surface area contributed by atoms with Gasteiger partial charge in [0.05, 0.1) is 5.69 Å². The summed E-state index contributed by atoms with van der Waals surface area (Å²) in [6.07, 6.45) is 8.93. The number of piperidine rings is 1. The van der Waals surface area contributed by atoms with Crippen LogP contribution in [0.2, 0.25) is 0 Å². The van der Waals surface area contributed by atoms with Crippen molar-refractivity contribution in [3.63, 3.8) is 0 Å². The fourth-order valence-corrected chi connectivity index (χ4v) is 4.74. The van der Waals surface area contributed by atoms with Gasteiger partial charge in [0.25, 0.3) is 5.91 Å². The molecule has 0 bridgehead atoms. The fraction of sp³-hybridized carbons (Fsp3) is 0.346. The Morgan fingerprint density at radius 2 is 1.72 bits per heavy atom.